The second-order valence-electron chi connectivity index (χ2n) is 7.05. The van der Waals surface area contributed by atoms with Crippen molar-refractivity contribution in [2.75, 3.05) is 11.6 Å². The van der Waals surface area contributed by atoms with Gasteiger partial charge in [0.1, 0.15) is 12.3 Å². The van der Waals surface area contributed by atoms with E-state index >= 15 is 0 Å². The van der Waals surface area contributed by atoms with E-state index in [0.29, 0.717) is 22.8 Å². The Kier molecular flexibility index (Phi) is 7.69. The average Bonchev–Trinajstić information content (AvgIpc) is 3.22. The molecule has 3 aromatic rings. The minimum absolute atomic E-state index is 0.173. The molecule has 1 amide bonds. The molecule has 0 bridgehead atoms. The molecule has 2 aromatic carbocycles. The van der Waals surface area contributed by atoms with Crippen molar-refractivity contribution >= 4 is 29.7 Å². The largest absolute Gasteiger partial charge is 0.461 e. The van der Waals surface area contributed by atoms with Crippen LogP contribution in [0.4, 0.5) is 5.69 Å². The highest BCUT2D eigenvalue weighted by atomic mass is 16.6. The van der Waals surface area contributed by atoms with Crippen LogP contribution in [0.1, 0.15) is 38.3 Å². The number of hydrogen-bond acceptors (Lipinski definition) is 7. The van der Waals surface area contributed by atoms with Gasteiger partial charge in [0, 0.05) is 20.8 Å². The normalized spacial score (nSPS) is 11.7. The first-order valence-electron chi connectivity index (χ1n) is 10.2. The molecule has 1 heterocycles. The number of hydrogen-bond donors (Lipinski definition) is 0. The van der Waals surface area contributed by atoms with E-state index in [9.17, 15) is 14.4 Å². The van der Waals surface area contributed by atoms with Crippen LogP contribution in [0.15, 0.2) is 71.8 Å². The van der Waals surface area contributed by atoms with Crippen LogP contribution in [0.25, 0.3) is 5.69 Å². The van der Waals surface area contributed by atoms with Crippen molar-refractivity contribution in [1.82, 2.24) is 9.78 Å². The van der Waals surface area contributed by atoms with E-state index in [2.05, 4.69) is 10.2 Å². The molecule has 0 aliphatic rings. The Bertz CT molecular complexity index is 1140. The van der Waals surface area contributed by atoms with Crippen molar-refractivity contribution in [3.8, 4) is 5.69 Å². The number of benzene rings is 2. The third-order valence-corrected chi connectivity index (χ3v) is 4.44. The fraction of sp³-hybridized carbons (Fsp3) is 0.208. The summed E-state index contributed by atoms with van der Waals surface area (Å²) in [7, 11) is 0. The number of nitrogens with zero attached hydrogens (tertiary/aromatic N) is 4. The Balaban J connectivity index is 2.01. The molecule has 9 nitrogen and oxygen atoms in total. The first-order chi connectivity index (χ1) is 15.8. The Hall–Kier alpha value is -4.27. The first kappa shape index (κ1) is 23.4. The third kappa shape index (κ3) is 6.36. The van der Waals surface area contributed by atoms with Gasteiger partial charge in [0.25, 0.3) is 0 Å². The van der Waals surface area contributed by atoms with Crippen LogP contribution in [0.5, 0.6) is 0 Å². The Morgan fingerprint density at radius 1 is 1.00 bits per heavy atom. The topological polar surface area (TPSA) is 103 Å². The van der Waals surface area contributed by atoms with Gasteiger partial charge >= 0.3 is 11.9 Å². The third-order valence-electron chi connectivity index (χ3n) is 4.44. The molecule has 3 rings (SSSR count). The van der Waals surface area contributed by atoms with Crippen LogP contribution in [-0.4, -0.2) is 40.4 Å². The molecule has 1 unspecified atom stereocenters. The Morgan fingerprint density at radius 3 is 2.21 bits per heavy atom. The van der Waals surface area contributed by atoms with E-state index in [-0.39, 0.29) is 12.5 Å². The average molecular weight is 448 g/mol. The summed E-state index contributed by atoms with van der Waals surface area (Å²) >= 11 is 0. The number of rotatable bonds is 8. The Labute approximate surface area is 191 Å². The summed E-state index contributed by atoms with van der Waals surface area (Å²) in [6, 6.07) is 19.9. The molecule has 1 atom stereocenters. The van der Waals surface area contributed by atoms with Gasteiger partial charge in [-0.1, -0.05) is 36.4 Å². The van der Waals surface area contributed by atoms with Crippen LogP contribution in [0.3, 0.4) is 0 Å². The summed E-state index contributed by atoms with van der Waals surface area (Å²) in [4.78, 5) is 35.2. The van der Waals surface area contributed by atoms with E-state index < -0.39 is 18.0 Å². The highest BCUT2D eigenvalue weighted by Gasteiger charge is 2.23. The summed E-state index contributed by atoms with van der Waals surface area (Å²) in [5.74, 6) is -1.30. The number of ether oxygens (including phenoxy) is 2. The molecule has 170 valence electrons. The van der Waals surface area contributed by atoms with Gasteiger partial charge in [-0.15, -0.1) is 0 Å². The molecule has 0 N–H and O–H groups in total. The zero-order valence-corrected chi connectivity index (χ0v) is 18.5. The lowest BCUT2D eigenvalue weighted by Crippen LogP contribution is -2.22. The van der Waals surface area contributed by atoms with Crippen molar-refractivity contribution in [2.45, 2.75) is 26.9 Å². The van der Waals surface area contributed by atoms with Crippen LogP contribution in [0, 0.1) is 0 Å². The smallest absolute Gasteiger partial charge is 0.303 e. The van der Waals surface area contributed by atoms with Gasteiger partial charge in [0.05, 0.1) is 23.3 Å². The Morgan fingerprint density at radius 2 is 1.64 bits per heavy atom. The highest BCUT2D eigenvalue weighted by molar-refractivity contribution is 5.93. The van der Waals surface area contributed by atoms with Crippen molar-refractivity contribution in [1.29, 1.82) is 0 Å². The number of amides is 1. The lowest BCUT2D eigenvalue weighted by atomic mass is 10.2. The summed E-state index contributed by atoms with van der Waals surface area (Å²) in [6.45, 7) is 3.79. The molecule has 0 saturated heterocycles. The number of para-hydroxylation sites is 2. The van der Waals surface area contributed by atoms with Gasteiger partial charge in [0.15, 0.2) is 6.10 Å². The minimum Gasteiger partial charge on any atom is -0.461 e. The molecular formula is C24H24N4O5. The van der Waals surface area contributed by atoms with E-state index in [4.69, 9.17) is 9.47 Å². The molecule has 0 saturated carbocycles. The van der Waals surface area contributed by atoms with E-state index in [1.807, 2.05) is 48.5 Å². The predicted molar refractivity (Wildman–Crippen MR) is 122 cm³/mol. The van der Waals surface area contributed by atoms with Gasteiger partial charge < -0.3 is 9.47 Å². The maximum Gasteiger partial charge on any atom is 0.303 e. The molecule has 0 aliphatic carbocycles. The fourth-order valence-electron chi connectivity index (χ4n) is 3.07. The number of carbonyl (C=O) groups is 3. The predicted octanol–water partition coefficient (Wildman–Crippen LogP) is 3.43. The molecule has 33 heavy (non-hydrogen) atoms. The summed E-state index contributed by atoms with van der Waals surface area (Å²) in [5.41, 5.74) is 2.21. The van der Waals surface area contributed by atoms with E-state index in [1.54, 1.807) is 22.9 Å². The second-order valence-corrected chi connectivity index (χ2v) is 7.05. The fourth-order valence-corrected chi connectivity index (χ4v) is 3.07. The van der Waals surface area contributed by atoms with Gasteiger partial charge in [-0.25, -0.2) is 9.69 Å². The van der Waals surface area contributed by atoms with Crippen molar-refractivity contribution in [3.05, 3.63) is 78.1 Å². The van der Waals surface area contributed by atoms with Crippen molar-refractivity contribution < 1.29 is 23.9 Å². The second kappa shape index (κ2) is 10.9. The number of esters is 2. The number of hydrazone groups is 1. The van der Waals surface area contributed by atoms with Gasteiger partial charge in [0.2, 0.25) is 5.91 Å². The van der Waals surface area contributed by atoms with Crippen molar-refractivity contribution in [2.24, 2.45) is 5.10 Å². The molecule has 0 aliphatic heterocycles. The van der Waals surface area contributed by atoms with Crippen LogP contribution >= 0.6 is 0 Å². The quantitative estimate of drug-likeness (QED) is 0.297. The monoisotopic (exact) mass is 448 g/mol. The van der Waals surface area contributed by atoms with Crippen LogP contribution in [0.2, 0.25) is 0 Å². The van der Waals surface area contributed by atoms with Gasteiger partial charge in [-0.05, 0) is 30.3 Å². The highest BCUT2D eigenvalue weighted by Crippen LogP contribution is 2.23. The minimum atomic E-state index is -0.890. The number of aromatic nitrogens is 2. The first-order valence-corrected chi connectivity index (χ1v) is 10.2. The standard InChI is InChI=1S/C24H24N4O5/c1-17(29)27(21-10-6-4-7-11-21)25-15-20-14-23(24(33-19(3)31)16-32-18(2)30)28(26-20)22-12-8-5-9-13-22/h4-15,24H,16H2,1-3H3/b25-15+. The molecule has 0 fully saturated rings. The summed E-state index contributed by atoms with van der Waals surface area (Å²) < 4.78 is 12.1. The van der Waals surface area contributed by atoms with E-state index in [1.165, 1.54) is 32.0 Å². The maximum atomic E-state index is 12.1. The zero-order valence-electron chi connectivity index (χ0n) is 18.5. The molecule has 9 heteroatoms. The van der Waals surface area contributed by atoms with E-state index in [0.717, 1.165) is 0 Å². The van der Waals surface area contributed by atoms with Gasteiger partial charge in [-0.2, -0.15) is 10.2 Å². The SMILES string of the molecule is CC(=O)OCC(OC(C)=O)c1cc(/C=N/N(C(C)=O)c2ccccc2)nn1-c1ccccc1. The molecular weight excluding hydrogens is 424 g/mol. The maximum absolute atomic E-state index is 12.1. The lowest BCUT2D eigenvalue weighted by Gasteiger charge is -2.18. The zero-order chi connectivity index (χ0) is 23.8. The molecule has 0 radical (unpaired) electrons. The lowest BCUT2D eigenvalue weighted by molar-refractivity contribution is -0.157. The summed E-state index contributed by atoms with van der Waals surface area (Å²) in [6.07, 6.45) is 0.549. The molecule has 0 spiro atoms. The van der Waals surface area contributed by atoms with Crippen LogP contribution < -0.4 is 5.01 Å². The summed E-state index contributed by atoms with van der Waals surface area (Å²) in [5, 5.41) is 10.1. The number of carbonyl (C=O) groups excluding carboxylic acids is 3. The van der Waals surface area contributed by atoms with Crippen LogP contribution in [-0.2, 0) is 23.9 Å². The van der Waals surface area contributed by atoms with Crippen molar-refractivity contribution in [3.63, 3.8) is 0 Å². The molecule has 1 aromatic heterocycles. The number of anilines is 1. The van der Waals surface area contributed by atoms with Gasteiger partial charge in [-0.3, -0.25) is 14.4 Å².